The number of carbonyl (C=O) groups is 2. The molecule has 0 saturated carbocycles. The molecule has 2 heterocycles. The van der Waals surface area contributed by atoms with Gasteiger partial charge in [-0.15, -0.1) is 11.3 Å². The smallest absolute Gasteiger partial charge is 0.339 e. The van der Waals surface area contributed by atoms with Crippen molar-refractivity contribution >= 4 is 46.8 Å². The van der Waals surface area contributed by atoms with Crippen LogP contribution in [0.1, 0.15) is 37.3 Å². The van der Waals surface area contributed by atoms with E-state index < -0.39 is 12.1 Å². The van der Waals surface area contributed by atoms with Crippen LogP contribution in [0.5, 0.6) is 11.5 Å². The van der Waals surface area contributed by atoms with E-state index in [1.807, 2.05) is 0 Å². The molecule has 3 rings (SSSR count). The molecule has 2 aromatic heterocycles. The minimum atomic E-state index is -0.728. The van der Waals surface area contributed by atoms with Gasteiger partial charge in [0.1, 0.15) is 6.10 Å². The number of hydrogen-bond donors (Lipinski definition) is 0. The Bertz CT molecular complexity index is 1050. The molecule has 0 N–H and O–H groups in total. The summed E-state index contributed by atoms with van der Waals surface area (Å²) in [4.78, 5) is 28.1. The number of carbonyl (C=O) groups excluding carboxylic acids is 2. The van der Waals surface area contributed by atoms with Gasteiger partial charge in [-0.2, -0.15) is 0 Å². The average Bonchev–Trinajstić information content (AvgIpc) is 3.24. The monoisotopic (exact) mass is 465 g/mol. The summed E-state index contributed by atoms with van der Waals surface area (Å²) in [5.41, 5.74) is 1.55. The van der Waals surface area contributed by atoms with Gasteiger partial charge in [0, 0.05) is 24.2 Å². The van der Waals surface area contributed by atoms with E-state index in [1.165, 1.54) is 32.7 Å². The van der Waals surface area contributed by atoms with Gasteiger partial charge in [0.25, 0.3) is 0 Å². The average molecular weight is 466 g/mol. The summed E-state index contributed by atoms with van der Waals surface area (Å²) in [5.74, 6) is 0.460. The molecule has 0 aliphatic carbocycles. The molecule has 0 aliphatic rings. The predicted molar refractivity (Wildman–Crippen MR) is 115 cm³/mol. The van der Waals surface area contributed by atoms with Crippen LogP contribution in [0, 0.1) is 0 Å². The van der Waals surface area contributed by atoms with Crippen molar-refractivity contribution in [2.45, 2.75) is 12.5 Å². The van der Waals surface area contributed by atoms with Crippen molar-refractivity contribution in [2.75, 3.05) is 14.2 Å². The molecule has 0 fully saturated rings. The van der Waals surface area contributed by atoms with Gasteiger partial charge in [0.15, 0.2) is 17.8 Å². The van der Waals surface area contributed by atoms with Gasteiger partial charge in [0.05, 0.1) is 34.7 Å². The highest BCUT2D eigenvalue weighted by atomic mass is 35.5. The first kappa shape index (κ1) is 22.1. The third-order valence-corrected chi connectivity index (χ3v) is 5.85. The number of ether oxygens (including phenoxy) is 3. The van der Waals surface area contributed by atoms with Gasteiger partial charge in [-0.1, -0.05) is 29.3 Å². The van der Waals surface area contributed by atoms with Crippen LogP contribution in [0.25, 0.3) is 0 Å². The van der Waals surface area contributed by atoms with Crippen molar-refractivity contribution in [3.05, 3.63) is 73.7 Å². The zero-order valence-electron chi connectivity index (χ0n) is 16.1. The van der Waals surface area contributed by atoms with Crippen molar-refractivity contribution in [1.82, 2.24) is 4.98 Å². The van der Waals surface area contributed by atoms with Crippen molar-refractivity contribution < 1.29 is 23.8 Å². The molecule has 0 saturated heterocycles. The van der Waals surface area contributed by atoms with Gasteiger partial charge in [-0.25, -0.2) is 4.79 Å². The number of aromatic nitrogens is 1. The largest absolute Gasteiger partial charge is 0.493 e. The standard InChI is InChI=1S/C21H17Cl2NO5S/c1-27-18-4-3-12(6-20(18)28-2)19(7-15-16(22)8-24-9-17(15)23)29-21(26)13-5-14(10-25)30-11-13/h3-6,8-11,19H,7H2,1-2H3/t19-/m0/s1. The fraction of sp³-hybridized carbons (Fsp3) is 0.190. The van der Waals surface area contributed by atoms with Crippen LogP contribution in [0.4, 0.5) is 0 Å². The lowest BCUT2D eigenvalue weighted by Gasteiger charge is -2.20. The van der Waals surface area contributed by atoms with Crippen LogP contribution < -0.4 is 9.47 Å². The lowest BCUT2D eigenvalue weighted by molar-refractivity contribution is 0.0297. The molecule has 0 radical (unpaired) electrons. The molecule has 0 aliphatic heterocycles. The van der Waals surface area contributed by atoms with E-state index in [2.05, 4.69) is 4.98 Å². The number of thiophene rings is 1. The maximum Gasteiger partial charge on any atom is 0.339 e. The molecule has 9 heteroatoms. The first-order valence-electron chi connectivity index (χ1n) is 8.71. The highest BCUT2D eigenvalue weighted by Crippen LogP contribution is 2.35. The first-order valence-corrected chi connectivity index (χ1v) is 10.3. The van der Waals surface area contributed by atoms with Gasteiger partial charge in [-0.05, 0) is 29.3 Å². The van der Waals surface area contributed by atoms with Crippen LogP contribution in [0.3, 0.4) is 0 Å². The SMILES string of the molecule is COc1ccc([C@H](Cc2c(Cl)cncc2Cl)OC(=O)c2csc(C=O)c2)cc1OC. The zero-order chi connectivity index (χ0) is 21.7. The van der Waals surface area contributed by atoms with E-state index in [0.29, 0.717) is 49.4 Å². The summed E-state index contributed by atoms with van der Waals surface area (Å²) in [7, 11) is 3.05. The Morgan fingerprint density at radius 1 is 1.13 bits per heavy atom. The number of aldehydes is 1. The summed E-state index contributed by atoms with van der Waals surface area (Å²) in [6, 6.07) is 6.70. The van der Waals surface area contributed by atoms with E-state index in [4.69, 9.17) is 37.4 Å². The van der Waals surface area contributed by atoms with E-state index in [1.54, 1.807) is 23.6 Å². The molecule has 30 heavy (non-hydrogen) atoms. The zero-order valence-corrected chi connectivity index (χ0v) is 18.4. The van der Waals surface area contributed by atoms with Crippen molar-refractivity contribution in [3.63, 3.8) is 0 Å². The summed E-state index contributed by atoms with van der Waals surface area (Å²) < 4.78 is 16.4. The molecular weight excluding hydrogens is 449 g/mol. The molecule has 1 aromatic carbocycles. The van der Waals surface area contributed by atoms with Crippen LogP contribution in [-0.4, -0.2) is 31.5 Å². The minimum Gasteiger partial charge on any atom is -0.493 e. The maximum atomic E-state index is 12.7. The number of esters is 1. The van der Waals surface area contributed by atoms with Crippen molar-refractivity contribution in [3.8, 4) is 11.5 Å². The first-order chi connectivity index (χ1) is 14.5. The Hall–Kier alpha value is -2.61. The summed E-state index contributed by atoms with van der Waals surface area (Å²) in [6.45, 7) is 0. The van der Waals surface area contributed by atoms with Crippen LogP contribution in [0.2, 0.25) is 10.0 Å². The number of halogens is 2. The molecule has 3 aromatic rings. The third kappa shape index (κ3) is 4.92. The van der Waals surface area contributed by atoms with Crippen molar-refractivity contribution in [2.24, 2.45) is 0 Å². The third-order valence-electron chi connectivity index (χ3n) is 4.34. The molecule has 0 bridgehead atoms. The summed E-state index contributed by atoms with van der Waals surface area (Å²) in [5, 5.41) is 2.30. The number of benzene rings is 1. The predicted octanol–water partition coefficient (Wildman–Crippen LogP) is 5.42. The summed E-state index contributed by atoms with van der Waals surface area (Å²) >= 11 is 13.7. The lowest BCUT2D eigenvalue weighted by Crippen LogP contribution is -2.14. The Balaban J connectivity index is 1.97. The van der Waals surface area contributed by atoms with Crippen LogP contribution >= 0.6 is 34.5 Å². The van der Waals surface area contributed by atoms with Crippen LogP contribution in [-0.2, 0) is 11.2 Å². The van der Waals surface area contributed by atoms with E-state index in [9.17, 15) is 9.59 Å². The Morgan fingerprint density at radius 3 is 2.43 bits per heavy atom. The van der Waals surface area contributed by atoms with E-state index in [-0.39, 0.29) is 6.42 Å². The van der Waals surface area contributed by atoms with Crippen LogP contribution in [0.15, 0.2) is 42.0 Å². The number of methoxy groups -OCH3 is 2. The molecule has 156 valence electrons. The normalized spacial score (nSPS) is 11.6. The van der Waals surface area contributed by atoms with E-state index >= 15 is 0 Å². The minimum absolute atomic E-state index is 0.214. The Morgan fingerprint density at radius 2 is 1.83 bits per heavy atom. The Labute approximate surface area is 187 Å². The molecule has 0 spiro atoms. The topological polar surface area (TPSA) is 74.7 Å². The highest BCUT2D eigenvalue weighted by Gasteiger charge is 2.23. The van der Waals surface area contributed by atoms with Gasteiger partial charge in [-0.3, -0.25) is 9.78 Å². The number of rotatable bonds is 8. The summed E-state index contributed by atoms with van der Waals surface area (Å²) in [6.07, 6.45) is 3.13. The molecule has 1 atom stereocenters. The lowest BCUT2D eigenvalue weighted by atomic mass is 10.0. The van der Waals surface area contributed by atoms with Gasteiger partial charge < -0.3 is 14.2 Å². The Kier molecular flexibility index (Phi) is 7.31. The molecule has 0 unspecified atom stereocenters. The molecular formula is C21H17Cl2NO5S. The number of hydrogen-bond acceptors (Lipinski definition) is 7. The second kappa shape index (κ2) is 9.93. The van der Waals surface area contributed by atoms with Crippen molar-refractivity contribution in [1.29, 1.82) is 0 Å². The fourth-order valence-corrected chi connectivity index (χ4v) is 4.01. The number of nitrogens with zero attached hydrogens (tertiary/aromatic N) is 1. The van der Waals surface area contributed by atoms with E-state index in [0.717, 1.165) is 11.3 Å². The quantitative estimate of drug-likeness (QED) is 0.326. The number of pyridine rings is 1. The van der Waals surface area contributed by atoms with Gasteiger partial charge >= 0.3 is 5.97 Å². The maximum absolute atomic E-state index is 12.7. The highest BCUT2D eigenvalue weighted by molar-refractivity contribution is 7.12. The second-order valence-corrected chi connectivity index (χ2v) is 7.91. The van der Waals surface area contributed by atoms with Gasteiger partial charge in [0.2, 0.25) is 0 Å². The molecule has 6 nitrogen and oxygen atoms in total. The second-order valence-electron chi connectivity index (χ2n) is 6.15. The molecule has 0 amide bonds. The fourth-order valence-electron chi connectivity index (χ4n) is 2.82.